The van der Waals surface area contributed by atoms with Gasteiger partial charge in [0.2, 0.25) is 17.8 Å². The number of amides is 1. The highest BCUT2D eigenvalue weighted by atomic mass is 16.1. The van der Waals surface area contributed by atoms with Gasteiger partial charge in [0.25, 0.3) is 0 Å². The summed E-state index contributed by atoms with van der Waals surface area (Å²) in [6.07, 6.45) is 2.70. The highest BCUT2D eigenvalue weighted by Crippen LogP contribution is 2.27. The average Bonchev–Trinajstić information content (AvgIpc) is 2.79. The SMILES string of the molecule is C=CC(=O)Nc1cccc(N(C)c2ncnc(Nc3cccc4ccccc34)n2)c1. The minimum Gasteiger partial charge on any atom is -0.323 e. The van der Waals surface area contributed by atoms with Crippen LogP contribution in [0, 0.1) is 0 Å². The molecule has 0 saturated carbocycles. The smallest absolute Gasteiger partial charge is 0.247 e. The van der Waals surface area contributed by atoms with E-state index in [1.807, 2.05) is 54.4 Å². The fraction of sp³-hybridized carbons (Fsp3) is 0.0435. The number of hydrogen-bond donors (Lipinski definition) is 2. The van der Waals surface area contributed by atoms with E-state index in [0.717, 1.165) is 22.1 Å². The molecule has 0 atom stereocenters. The van der Waals surface area contributed by atoms with E-state index < -0.39 is 0 Å². The molecule has 0 bridgehead atoms. The molecule has 7 heteroatoms. The number of anilines is 5. The number of nitrogens with one attached hydrogen (secondary N) is 2. The first kappa shape index (κ1) is 19.1. The Bertz CT molecular complexity index is 1220. The molecule has 0 aliphatic carbocycles. The fourth-order valence-corrected chi connectivity index (χ4v) is 3.07. The lowest BCUT2D eigenvalue weighted by molar-refractivity contribution is -0.111. The maximum Gasteiger partial charge on any atom is 0.247 e. The molecular formula is C23H20N6O. The van der Waals surface area contributed by atoms with E-state index in [4.69, 9.17) is 0 Å². The quantitative estimate of drug-likeness (QED) is 0.461. The van der Waals surface area contributed by atoms with Gasteiger partial charge in [-0.15, -0.1) is 0 Å². The summed E-state index contributed by atoms with van der Waals surface area (Å²) in [7, 11) is 1.85. The number of carbonyl (C=O) groups excluding carboxylic acids is 1. The zero-order valence-corrected chi connectivity index (χ0v) is 16.4. The second-order valence-electron chi connectivity index (χ2n) is 6.56. The first-order valence-electron chi connectivity index (χ1n) is 9.35. The topological polar surface area (TPSA) is 83.0 Å². The van der Waals surface area contributed by atoms with E-state index in [0.29, 0.717) is 17.6 Å². The molecule has 4 rings (SSSR count). The minimum absolute atomic E-state index is 0.267. The number of hydrogen-bond acceptors (Lipinski definition) is 6. The van der Waals surface area contributed by atoms with Gasteiger partial charge in [0, 0.05) is 29.5 Å². The monoisotopic (exact) mass is 396 g/mol. The second kappa shape index (κ2) is 8.40. The van der Waals surface area contributed by atoms with Crippen LogP contribution < -0.4 is 15.5 Å². The van der Waals surface area contributed by atoms with Crippen LogP contribution in [0.5, 0.6) is 0 Å². The standard InChI is InChI=1S/C23H20N6O/c1-3-21(30)26-17-10-7-11-18(14-17)29(2)23-25-15-24-22(28-23)27-20-13-6-9-16-8-4-5-12-19(16)20/h3-15H,1H2,2H3,(H,26,30)(H,24,25,27,28). The fourth-order valence-electron chi connectivity index (χ4n) is 3.07. The minimum atomic E-state index is -0.267. The molecule has 2 N–H and O–H groups in total. The van der Waals surface area contributed by atoms with Gasteiger partial charge in [0.1, 0.15) is 6.33 Å². The molecule has 148 valence electrons. The van der Waals surface area contributed by atoms with Crippen LogP contribution in [-0.2, 0) is 4.79 Å². The number of carbonyl (C=O) groups is 1. The average molecular weight is 396 g/mol. The summed E-state index contributed by atoms with van der Waals surface area (Å²) in [4.78, 5) is 26.5. The lowest BCUT2D eigenvalue weighted by Gasteiger charge is -2.18. The van der Waals surface area contributed by atoms with Gasteiger partial charge in [-0.25, -0.2) is 9.97 Å². The molecule has 0 radical (unpaired) electrons. The normalized spacial score (nSPS) is 10.4. The molecule has 7 nitrogen and oxygen atoms in total. The molecule has 0 unspecified atom stereocenters. The van der Waals surface area contributed by atoms with Crippen molar-refractivity contribution in [1.82, 2.24) is 15.0 Å². The van der Waals surface area contributed by atoms with Crippen LogP contribution in [0.4, 0.5) is 29.0 Å². The zero-order valence-electron chi connectivity index (χ0n) is 16.4. The van der Waals surface area contributed by atoms with Gasteiger partial charge in [-0.1, -0.05) is 49.0 Å². The van der Waals surface area contributed by atoms with Crippen molar-refractivity contribution < 1.29 is 4.79 Å². The van der Waals surface area contributed by atoms with Crippen LogP contribution in [0.3, 0.4) is 0 Å². The van der Waals surface area contributed by atoms with Gasteiger partial charge >= 0.3 is 0 Å². The Morgan fingerprint density at radius 3 is 2.70 bits per heavy atom. The predicted molar refractivity (Wildman–Crippen MR) is 120 cm³/mol. The Kier molecular flexibility index (Phi) is 5.34. The van der Waals surface area contributed by atoms with Crippen LogP contribution in [0.1, 0.15) is 0 Å². The van der Waals surface area contributed by atoms with Crippen molar-refractivity contribution in [3.05, 3.63) is 85.7 Å². The number of nitrogens with zero attached hydrogens (tertiary/aromatic N) is 4. The summed E-state index contributed by atoms with van der Waals surface area (Å²) in [6.45, 7) is 3.47. The molecule has 0 aliphatic rings. The molecular weight excluding hydrogens is 376 g/mol. The maximum atomic E-state index is 11.6. The van der Waals surface area contributed by atoms with Gasteiger partial charge in [0.05, 0.1) is 0 Å². The Labute approximate surface area is 174 Å². The molecule has 1 aromatic heterocycles. The predicted octanol–water partition coefficient (Wildman–Crippen LogP) is 4.66. The van der Waals surface area contributed by atoms with Crippen molar-refractivity contribution >= 4 is 45.6 Å². The summed E-state index contributed by atoms with van der Waals surface area (Å²) >= 11 is 0. The van der Waals surface area contributed by atoms with Crippen molar-refractivity contribution in [2.24, 2.45) is 0 Å². The molecule has 30 heavy (non-hydrogen) atoms. The van der Waals surface area contributed by atoms with Gasteiger partial charge in [-0.05, 0) is 35.7 Å². The molecule has 4 aromatic rings. The van der Waals surface area contributed by atoms with Crippen molar-refractivity contribution in [2.45, 2.75) is 0 Å². The van der Waals surface area contributed by atoms with E-state index in [1.54, 1.807) is 6.07 Å². The Morgan fingerprint density at radius 2 is 1.83 bits per heavy atom. The van der Waals surface area contributed by atoms with E-state index in [2.05, 4.69) is 50.4 Å². The van der Waals surface area contributed by atoms with Crippen LogP contribution in [0.25, 0.3) is 10.8 Å². The molecule has 3 aromatic carbocycles. The number of rotatable bonds is 6. The highest BCUT2D eigenvalue weighted by molar-refractivity contribution is 5.99. The zero-order chi connectivity index (χ0) is 20.9. The maximum absolute atomic E-state index is 11.6. The van der Waals surface area contributed by atoms with Crippen LogP contribution in [-0.4, -0.2) is 27.9 Å². The van der Waals surface area contributed by atoms with E-state index in [-0.39, 0.29) is 5.91 Å². The highest BCUT2D eigenvalue weighted by Gasteiger charge is 2.11. The van der Waals surface area contributed by atoms with E-state index in [9.17, 15) is 4.79 Å². The number of aromatic nitrogens is 3. The summed E-state index contributed by atoms with van der Waals surface area (Å²) in [5.41, 5.74) is 2.40. The third kappa shape index (κ3) is 4.10. The van der Waals surface area contributed by atoms with Crippen LogP contribution in [0.15, 0.2) is 85.7 Å². The molecule has 1 amide bonds. The number of fused-ring (bicyclic) bond motifs is 1. The summed E-state index contributed by atoms with van der Waals surface area (Å²) in [6, 6.07) is 21.6. The van der Waals surface area contributed by atoms with E-state index >= 15 is 0 Å². The van der Waals surface area contributed by atoms with Crippen molar-refractivity contribution in [3.63, 3.8) is 0 Å². The van der Waals surface area contributed by atoms with Crippen LogP contribution >= 0.6 is 0 Å². The lowest BCUT2D eigenvalue weighted by Crippen LogP contribution is -2.15. The van der Waals surface area contributed by atoms with Crippen LogP contribution in [0.2, 0.25) is 0 Å². The summed E-state index contributed by atoms with van der Waals surface area (Å²) in [5, 5.41) is 8.25. The van der Waals surface area contributed by atoms with Crippen molar-refractivity contribution in [1.29, 1.82) is 0 Å². The van der Waals surface area contributed by atoms with Gasteiger partial charge in [-0.2, -0.15) is 4.98 Å². The first-order valence-corrected chi connectivity index (χ1v) is 9.35. The van der Waals surface area contributed by atoms with Crippen molar-refractivity contribution in [3.8, 4) is 0 Å². The van der Waals surface area contributed by atoms with Gasteiger partial charge in [-0.3, -0.25) is 4.79 Å². The third-order valence-corrected chi connectivity index (χ3v) is 4.58. The van der Waals surface area contributed by atoms with E-state index in [1.165, 1.54) is 12.4 Å². The molecule has 0 spiro atoms. The third-order valence-electron chi connectivity index (χ3n) is 4.58. The second-order valence-corrected chi connectivity index (χ2v) is 6.56. The lowest BCUT2D eigenvalue weighted by atomic mass is 10.1. The van der Waals surface area contributed by atoms with Gasteiger partial charge < -0.3 is 15.5 Å². The largest absolute Gasteiger partial charge is 0.323 e. The molecule has 0 saturated heterocycles. The number of benzene rings is 3. The Hall–Kier alpha value is -4.26. The molecule has 0 fully saturated rings. The first-order chi connectivity index (χ1) is 14.6. The molecule has 1 heterocycles. The summed E-state index contributed by atoms with van der Waals surface area (Å²) in [5.74, 6) is 0.649. The Balaban J connectivity index is 1.59. The molecule has 0 aliphatic heterocycles. The Morgan fingerprint density at radius 1 is 1.03 bits per heavy atom. The van der Waals surface area contributed by atoms with Crippen molar-refractivity contribution in [2.75, 3.05) is 22.6 Å². The summed E-state index contributed by atoms with van der Waals surface area (Å²) < 4.78 is 0. The van der Waals surface area contributed by atoms with Gasteiger partial charge in [0.15, 0.2) is 0 Å².